The predicted octanol–water partition coefficient (Wildman–Crippen LogP) is 1.52. The topological polar surface area (TPSA) is 73.8 Å². The van der Waals surface area contributed by atoms with E-state index >= 15 is 0 Å². The van der Waals surface area contributed by atoms with Crippen molar-refractivity contribution in [2.24, 2.45) is 5.73 Å². The lowest BCUT2D eigenvalue weighted by Gasteiger charge is -2.02. The lowest BCUT2D eigenvalue weighted by atomic mass is 10.2. The molecule has 18 heavy (non-hydrogen) atoms. The molecule has 3 aromatic rings. The summed E-state index contributed by atoms with van der Waals surface area (Å²) in [5.41, 5.74) is 6.75. The van der Waals surface area contributed by atoms with Crippen molar-refractivity contribution in [3.05, 3.63) is 54.6 Å². The number of carbonyl (C=O) groups is 1. The number of rotatable bonds is 2. The second-order valence-electron chi connectivity index (χ2n) is 3.86. The van der Waals surface area contributed by atoms with Crippen LogP contribution in [0.25, 0.3) is 16.7 Å². The third-order valence-electron chi connectivity index (χ3n) is 2.77. The van der Waals surface area contributed by atoms with Gasteiger partial charge >= 0.3 is 0 Å². The molecule has 2 heterocycles. The first kappa shape index (κ1) is 10.5. The van der Waals surface area contributed by atoms with Gasteiger partial charge in [0.25, 0.3) is 5.91 Å². The maximum atomic E-state index is 11.4. The Morgan fingerprint density at radius 1 is 1.22 bits per heavy atom. The molecule has 0 radical (unpaired) electrons. The van der Waals surface area contributed by atoms with E-state index in [-0.39, 0.29) is 0 Å². The number of aromatic nitrogens is 3. The summed E-state index contributed by atoms with van der Waals surface area (Å²) in [4.78, 5) is 19.7. The molecular formula is C13H10N4O. The Labute approximate surface area is 103 Å². The molecule has 5 heteroatoms. The molecule has 0 fully saturated rings. The van der Waals surface area contributed by atoms with Gasteiger partial charge in [0.15, 0.2) is 5.82 Å². The minimum absolute atomic E-state index is 0.450. The maximum absolute atomic E-state index is 11.4. The van der Waals surface area contributed by atoms with Crippen LogP contribution >= 0.6 is 0 Å². The van der Waals surface area contributed by atoms with Crippen LogP contribution in [0, 0.1) is 0 Å². The Bertz CT molecular complexity index is 718. The van der Waals surface area contributed by atoms with Crippen LogP contribution in [0.1, 0.15) is 10.4 Å². The Hall–Kier alpha value is -2.69. The average Bonchev–Trinajstić information content (AvgIpc) is 2.79. The molecule has 0 aliphatic rings. The number of nitrogens with zero attached hydrogens (tertiary/aromatic N) is 3. The third kappa shape index (κ3) is 1.53. The highest BCUT2D eigenvalue weighted by Crippen LogP contribution is 2.23. The molecule has 0 aliphatic heterocycles. The van der Waals surface area contributed by atoms with Gasteiger partial charge in [-0.3, -0.25) is 14.3 Å². The Morgan fingerprint density at radius 3 is 2.78 bits per heavy atom. The number of hydrogen-bond acceptors (Lipinski definition) is 3. The molecule has 0 bridgehead atoms. The fraction of sp³-hybridized carbons (Fsp3) is 0. The standard InChI is InChI=1S/C13H10N4O/c14-13(18)10-8-17(12-7-15-5-6-16-12)11-4-2-1-3-9(10)11/h1-8H,(H2,14,18). The first-order chi connectivity index (χ1) is 8.77. The Balaban J connectivity index is 2.34. The van der Waals surface area contributed by atoms with Crippen molar-refractivity contribution >= 4 is 16.8 Å². The van der Waals surface area contributed by atoms with Gasteiger partial charge in [-0.25, -0.2) is 4.98 Å². The minimum Gasteiger partial charge on any atom is -0.366 e. The summed E-state index contributed by atoms with van der Waals surface area (Å²) in [6.45, 7) is 0. The molecule has 0 saturated carbocycles. The fourth-order valence-electron chi connectivity index (χ4n) is 1.98. The summed E-state index contributed by atoms with van der Waals surface area (Å²) >= 11 is 0. The van der Waals surface area contributed by atoms with Crippen LogP contribution in [-0.4, -0.2) is 20.4 Å². The lowest BCUT2D eigenvalue weighted by Crippen LogP contribution is -2.10. The van der Waals surface area contributed by atoms with Gasteiger partial charge in [0.05, 0.1) is 17.3 Å². The third-order valence-corrected chi connectivity index (χ3v) is 2.77. The summed E-state index contributed by atoms with van der Waals surface area (Å²) in [6, 6.07) is 7.55. The van der Waals surface area contributed by atoms with E-state index in [9.17, 15) is 4.79 Å². The smallest absolute Gasteiger partial charge is 0.250 e. The van der Waals surface area contributed by atoms with Gasteiger partial charge in [0.2, 0.25) is 0 Å². The van der Waals surface area contributed by atoms with Gasteiger partial charge in [-0.05, 0) is 6.07 Å². The van der Waals surface area contributed by atoms with Gasteiger partial charge in [0.1, 0.15) is 0 Å². The molecule has 0 spiro atoms. The van der Waals surface area contributed by atoms with Crippen molar-refractivity contribution in [1.82, 2.24) is 14.5 Å². The summed E-state index contributed by atoms with van der Waals surface area (Å²) in [5.74, 6) is 0.204. The molecule has 2 aromatic heterocycles. The van der Waals surface area contributed by atoms with Gasteiger partial charge < -0.3 is 5.73 Å². The van der Waals surface area contributed by atoms with Crippen molar-refractivity contribution in [3.8, 4) is 5.82 Å². The molecule has 0 unspecified atom stereocenters. The molecule has 88 valence electrons. The van der Waals surface area contributed by atoms with Gasteiger partial charge in [0, 0.05) is 24.0 Å². The predicted molar refractivity (Wildman–Crippen MR) is 67.4 cm³/mol. The largest absolute Gasteiger partial charge is 0.366 e. The van der Waals surface area contributed by atoms with Gasteiger partial charge in [-0.15, -0.1) is 0 Å². The van der Waals surface area contributed by atoms with Crippen molar-refractivity contribution in [3.63, 3.8) is 0 Å². The minimum atomic E-state index is -0.450. The molecule has 0 aliphatic carbocycles. The monoisotopic (exact) mass is 238 g/mol. The highest BCUT2D eigenvalue weighted by molar-refractivity contribution is 6.06. The zero-order valence-electron chi connectivity index (χ0n) is 9.45. The number of amides is 1. The number of hydrogen-bond donors (Lipinski definition) is 1. The first-order valence-electron chi connectivity index (χ1n) is 5.43. The summed E-state index contributed by atoms with van der Waals surface area (Å²) in [6.07, 6.45) is 6.53. The van der Waals surface area contributed by atoms with Crippen LogP contribution in [0.5, 0.6) is 0 Å². The molecule has 0 saturated heterocycles. The van der Waals surface area contributed by atoms with E-state index in [2.05, 4.69) is 9.97 Å². The molecular weight excluding hydrogens is 228 g/mol. The van der Waals surface area contributed by atoms with E-state index < -0.39 is 5.91 Å². The lowest BCUT2D eigenvalue weighted by molar-refractivity contribution is 0.100. The highest BCUT2D eigenvalue weighted by atomic mass is 16.1. The zero-order chi connectivity index (χ0) is 12.5. The normalized spacial score (nSPS) is 10.7. The van der Waals surface area contributed by atoms with Crippen LogP contribution in [0.3, 0.4) is 0 Å². The van der Waals surface area contributed by atoms with Crippen LogP contribution in [0.2, 0.25) is 0 Å². The molecule has 0 atom stereocenters. The summed E-state index contributed by atoms with van der Waals surface area (Å²) in [7, 11) is 0. The summed E-state index contributed by atoms with van der Waals surface area (Å²) in [5, 5.41) is 0.815. The molecule has 1 aromatic carbocycles. The SMILES string of the molecule is NC(=O)c1cn(-c2cnccn2)c2ccccc12. The molecule has 2 N–H and O–H groups in total. The second-order valence-corrected chi connectivity index (χ2v) is 3.86. The van der Waals surface area contributed by atoms with E-state index in [0.29, 0.717) is 11.4 Å². The van der Waals surface area contributed by atoms with Crippen LogP contribution in [0.4, 0.5) is 0 Å². The molecule has 1 amide bonds. The zero-order valence-corrected chi connectivity index (χ0v) is 9.45. The summed E-state index contributed by atoms with van der Waals surface area (Å²) < 4.78 is 1.81. The fourth-order valence-corrected chi connectivity index (χ4v) is 1.98. The van der Waals surface area contributed by atoms with E-state index in [1.54, 1.807) is 24.8 Å². The van der Waals surface area contributed by atoms with Crippen molar-refractivity contribution in [2.75, 3.05) is 0 Å². The van der Waals surface area contributed by atoms with E-state index in [1.807, 2.05) is 28.8 Å². The first-order valence-corrected chi connectivity index (χ1v) is 5.43. The van der Waals surface area contributed by atoms with E-state index in [1.165, 1.54) is 0 Å². The van der Waals surface area contributed by atoms with Crippen molar-refractivity contribution in [1.29, 1.82) is 0 Å². The number of carbonyl (C=O) groups excluding carboxylic acids is 1. The van der Waals surface area contributed by atoms with Crippen molar-refractivity contribution in [2.45, 2.75) is 0 Å². The Kier molecular flexibility index (Phi) is 2.30. The second kappa shape index (κ2) is 3.96. The maximum Gasteiger partial charge on any atom is 0.250 e. The van der Waals surface area contributed by atoms with Gasteiger partial charge in [-0.1, -0.05) is 18.2 Å². The number of fused-ring (bicyclic) bond motifs is 1. The number of para-hydroxylation sites is 1. The van der Waals surface area contributed by atoms with Crippen molar-refractivity contribution < 1.29 is 4.79 Å². The molecule has 3 rings (SSSR count). The number of benzene rings is 1. The Morgan fingerprint density at radius 2 is 2.06 bits per heavy atom. The van der Waals surface area contributed by atoms with Crippen LogP contribution in [0.15, 0.2) is 49.1 Å². The van der Waals surface area contributed by atoms with E-state index in [4.69, 9.17) is 5.73 Å². The average molecular weight is 238 g/mol. The quantitative estimate of drug-likeness (QED) is 0.735. The number of nitrogens with two attached hydrogens (primary N) is 1. The van der Waals surface area contributed by atoms with Crippen LogP contribution < -0.4 is 5.73 Å². The van der Waals surface area contributed by atoms with E-state index in [0.717, 1.165) is 10.9 Å². The number of primary amides is 1. The highest BCUT2D eigenvalue weighted by Gasteiger charge is 2.13. The van der Waals surface area contributed by atoms with Gasteiger partial charge in [-0.2, -0.15) is 0 Å². The molecule has 5 nitrogen and oxygen atoms in total. The van der Waals surface area contributed by atoms with Crippen LogP contribution in [-0.2, 0) is 0 Å².